The Kier molecular flexibility index (Phi) is 7.76. The van der Waals surface area contributed by atoms with Crippen LogP contribution in [-0.2, 0) is 0 Å². The summed E-state index contributed by atoms with van der Waals surface area (Å²) < 4.78 is 0. The molecule has 92 valence electrons. The van der Waals surface area contributed by atoms with Crippen LogP contribution in [0.3, 0.4) is 0 Å². The summed E-state index contributed by atoms with van der Waals surface area (Å²) >= 11 is 0. The third-order valence-corrected chi connectivity index (χ3v) is 2.15. The van der Waals surface area contributed by atoms with E-state index < -0.39 is 18.3 Å². The van der Waals surface area contributed by atoms with E-state index in [1.165, 1.54) is 18.2 Å². The van der Waals surface area contributed by atoms with Gasteiger partial charge in [0.2, 0.25) is 0 Å². The summed E-state index contributed by atoms with van der Waals surface area (Å²) in [5.41, 5.74) is 0. The Morgan fingerprint density at radius 1 is 0.750 bits per heavy atom. The first-order valence-corrected chi connectivity index (χ1v) is 5.17. The van der Waals surface area contributed by atoms with Gasteiger partial charge < -0.3 is 15.3 Å². The third-order valence-electron chi connectivity index (χ3n) is 2.15. The molecule has 4 nitrogen and oxygen atoms in total. The number of nitrogens with zero attached hydrogens (tertiary/aromatic N) is 1. The fourth-order valence-corrected chi connectivity index (χ4v) is 1.24. The molecule has 0 saturated carbocycles. The van der Waals surface area contributed by atoms with Crippen LogP contribution in [0, 0.1) is 0 Å². The zero-order valence-corrected chi connectivity index (χ0v) is 9.50. The SMILES string of the molecule is C=CC(O)CN(CC(O)C=C)CC(O)C=C. The van der Waals surface area contributed by atoms with Crippen LogP contribution in [0.15, 0.2) is 38.0 Å². The van der Waals surface area contributed by atoms with E-state index in [1.807, 2.05) is 0 Å². The molecule has 0 saturated heterocycles. The molecule has 3 unspecified atom stereocenters. The highest BCUT2D eigenvalue weighted by atomic mass is 16.3. The summed E-state index contributed by atoms with van der Waals surface area (Å²) in [6, 6.07) is 0. The van der Waals surface area contributed by atoms with Crippen molar-refractivity contribution < 1.29 is 15.3 Å². The van der Waals surface area contributed by atoms with Gasteiger partial charge in [0.25, 0.3) is 0 Å². The maximum Gasteiger partial charge on any atom is 0.0845 e. The van der Waals surface area contributed by atoms with Gasteiger partial charge >= 0.3 is 0 Å². The lowest BCUT2D eigenvalue weighted by atomic mass is 10.2. The molecule has 0 aliphatic carbocycles. The predicted molar refractivity (Wildman–Crippen MR) is 65.1 cm³/mol. The number of aliphatic hydroxyl groups is 3. The van der Waals surface area contributed by atoms with Gasteiger partial charge in [-0.05, 0) is 0 Å². The van der Waals surface area contributed by atoms with Crippen LogP contribution < -0.4 is 0 Å². The van der Waals surface area contributed by atoms with E-state index in [9.17, 15) is 15.3 Å². The normalized spacial score (nSPS) is 16.5. The molecule has 0 radical (unpaired) electrons. The Labute approximate surface area is 96.8 Å². The van der Waals surface area contributed by atoms with Gasteiger partial charge in [-0.15, -0.1) is 19.7 Å². The first-order chi connectivity index (χ1) is 7.53. The van der Waals surface area contributed by atoms with Crippen molar-refractivity contribution in [2.24, 2.45) is 0 Å². The second kappa shape index (κ2) is 8.24. The van der Waals surface area contributed by atoms with Crippen LogP contribution in [0.2, 0.25) is 0 Å². The molecule has 0 bridgehead atoms. The average molecular weight is 227 g/mol. The molecule has 4 heteroatoms. The largest absolute Gasteiger partial charge is 0.388 e. The monoisotopic (exact) mass is 227 g/mol. The van der Waals surface area contributed by atoms with Crippen molar-refractivity contribution in [1.82, 2.24) is 4.90 Å². The van der Waals surface area contributed by atoms with E-state index in [0.717, 1.165) is 0 Å². The summed E-state index contributed by atoms with van der Waals surface area (Å²) in [6.07, 6.45) is 2.17. The van der Waals surface area contributed by atoms with Gasteiger partial charge in [0, 0.05) is 19.6 Å². The van der Waals surface area contributed by atoms with Crippen LogP contribution in [0.5, 0.6) is 0 Å². The molecular weight excluding hydrogens is 206 g/mol. The van der Waals surface area contributed by atoms with Crippen molar-refractivity contribution in [1.29, 1.82) is 0 Å². The molecular formula is C12H21NO3. The Morgan fingerprint density at radius 3 is 1.19 bits per heavy atom. The molecule has 0 aromatic rings. The van der Waals surface area contributed by atoms with Gasteiger partial charge in [0.05, 0.1) is 18.3 Å². The van der Waals surface area contributed by atoms with Crippen LogP contribution in [0.4, 0.5) is 0 Å². The molecule has 3 atom stereocenters. The van der Waals surface area contributed by atoms with Gasteiger partial charge in [-0.1, -0.05) is 18.2 Å². The fraction of sp³-hybridized carbons (Fsp3) is 0.500. The highest BCUT2D eigenvalue weighted by molar-refractivity contribution is 4.88. The third kappa shape index (κ3) is 6.53. The Morgan fingerprint density at radius 2 is 1.00 bits per heavy atom. The number of aliphatic hydroxyl groups excluding tert-OH is 3. The second-order valence-corrected chi connectivity index (χ2v) is 3.63. The smallest absolute Gasteiger partial charge is 0.0845 e. The summed E-state index contributed by atoms with van der Waals surface area (Å²) in [5.74, 6) is 0. The number of rotatable bonds is 9. The molecule has 0 spiro atoms. The zero-order chi connectivity index (χ0) is 12.6. The van der Waals surface area contributed by atoms with E-state index in [-0.39, 0.29) is 0 Å². The lowest BCUT2D eigenvalue weighted by Crippen LogP contribution is -2.40. The fourth-order valence-electron chi connectivity index (χ4n) is 1.24. The van der Waals surface area contributed by atoms with Crippen molar-refractivity contribution in [3.63, 3.8) is 0 Å². The van der Waals surface area contributed by atoms with Crippen LogP contribution >= 0.6 is 0 Å². The van der Waals surface area contributed by atoms with Crippen molar-refractivity contribution in [3.05, 3.63) is 38.0 Å². The molecule has 0 aromatic carbocycles. The van der Waals surface area contributed by atoms with E-state index >= 15 is 0 Å². The number of hydrogen-bond acceptors (Lipinski definition) is 4. The minimum atomic E-state index is -0.686. The number of hydrogen-bond donors (Lipinski definition) is 3. The predicted octanol–water partition coefficient (Wildman–Crippen LogP) is -0.0709. The highest BCUT2D eigenvalue weighted by Crippen LogP contribution is 2.00. The maximum atomic E-state index is 9.42. The molecule has 16 heavy (non-hydrogen) atoms. The van der Waals surface area contributed by atoms with Crippen molar-refractivity contribution in [3.8, 4) is 0 Å². The van der Waals surface area contributed by atoms with Gasteiger partial charge in [-0.3, -0.25) is 4.90 Å². The van der Waals surface area contributed by atoms with Crippen LogP contribution in [0.25, 0.3) is 0 Å². The molecule has 3 N–H and O–H groups in total. The molecule has 0 heterocycles. The Hall–Kier alpha value is -0.940. The maximum absolute atomic E-state index is 9.42. The first-order valence-electron chi connectivity index (χ1n) is 5.17. The quantitative estimate of drug-likeness (QED) is 0.482. The lowest BCUT2D eigenvalue weighted by molar-refractivity contribution is 0.0751. The molecule has 0 aliphatic heterocycles. The van der Waals surface area contributed by atoms with Crippen molar-refractivity contribution in [2.75, 3.05) is 19.6 Å². The second-order valence-electron chi connectivity index (χ2n) is 3.63. The minimum Gasteiger partial charge on any atom is -0.388 e. The van der Waals surface area contributed by atoms with Crippen molar-refractivity contribution >= 4 is 0 Å². The summed E-state index contributed by atoms with van der Waals surface area (Å²) in [4.78, 5) is 1.73. The minimum absolute atomic E-state index is 0.305. The highest BCUT2D eigenvalue weighted by Gasteiger charge is 2.14. The summed E-state index contributed by atoms with van der Waals surface area (Å²) in [5, 5.41) is 28.3. The van der Waals surface area contributed by atoms with E-state index in [4.69, 9.17) is 0 Å². The molecule has 0 fully saturated rings. The van der Waals surface area contributed by atoms with E-state index in [1.54, 1.807) is 4.90 Å². The van der Waals surface area contributed by atoms with Gasteiger partial charge in [-0.25, -0.2) is 0 Å². The van der Waals surface area contributed by atoms with E-state index in [2.05, 4.69) is 19.7 Å². The molecule has 0 amide bonds. The van der Waals surface area contributed by atoms with Gasteiger partial charge in [-0.2, -0.15) is 0 Å². The Balaban J connectivity index is 4.30. The average Bonchev–Trinajstić information content (AvgIpc) is 2.28. The topological polar surface area (TPSA) is 63.9 Å². The molecule has 0 aromatic heterocycles. The summed E-state index contributed by atoms with van der Waals surface area (Å²) in [7, 11) is 0. The zero-order valence-electron chi connectivity index (χ0n) is 9.50. The van der Waals surface area contributed by atoms with Crippen molar-refractivity contribution in [2.45, 2.75) is 18.3 Å². The summed E-state index contributed by atoms with van der Waals surface area (Å²) in [6.45, 7) is 11.3. The Bertz CT molecular complexity index is 192. The van der Waals surface area contributed by atoms with Crippen LogP contribution in [-0.4, -0.2) is 58.2 Å². The first kappa shape index (κ1) is 15.1. The standard InChI is InChI=1S/C12H21NO3/c1-4-10(14)7-13(8-11(15)5-2)9-12(16)6-3/h4-6,10-12,14-16H,1-3,7-9H2. The molecule has 0 rings (SSSR count). The lowest BCUT2D eigenvalue weighted by Gasteiger charge is -2.26. The van der Waals surface area contributed by atoms with Gasteiger partial charge in [0.1, 0.15) is 0 Å². The molecule has 0 aliphatic rings. The van der Waals surface area contributed by atoms with Crippen LogP contribution in [0.1, 0.15) is 0 Å². The van der Waals surface area contributed by atoms with E-state index in [0.29, 0.717) is 19.6 Å². The van der Waals surface area contributed by atoms with Gasteiger partial charge in [0.15, 0.2) is 0 Å².